The van der Waals surface area contributed by atoms with Gasteiger partial charge >= 0.3 is 0 Å². The number of hydrogen-bond acceptors (Lipinski definition) is 3. The number of aromatic nitrogens is 1. The van der Waals surface area contributed by atoms with Crippen LogP contribution in [0.15, 0.2) is 18.5 Å². The van der Waals surface area contributed by atoms with Gasteiger partial charge in [0.05, 0.1) is 12.9 Å². The minimum atomic E-state index is -0.239. The third kappa shape index (κ3) is 3.97. The Balaban J connectivity index is 1.78. The molecule has 17 heavy (non-hydrogen) atoms. The molecule has 1 N–H and O–H groups in total. The van der Waals surface area contributed by atoms with E-state index in [-0.39, 0.29) is 6.67 Å². The normalized spacial score (nSPS) is 18.8. The molecule has 0 unspecified atom stereocenters. The van der Waals surface area contributed by atoms with E-state index in [1.54, 1.807) is 6.20 Å². The Morgan fingerprint density at radius 2 is 2.29 bits per heavy atom. The van der Waals surface area contributed by atoms with E-state index in [0.29, 0.717) is 19.1 Å². The van der Waals surface area contributed by atoms with Crippen LogP contribution in [-0.4, -0.2) is 30.9 Å². The van der Waals surface area contributed by atoms with Gasteiger partial charge in [-0.2, -0.15) is 0 Å². The van der Waals surface area contributed by atoms with E-state index in [1.807, 2.05) is 12.3 Å². The van der Waals surface area contributed by atoms with Crippen LogP contribution in [0.25, 0.3) is 0 Å². The molecule has 2 heterocycles. The lowest BCUT2D eigenvalue weighted by Gasteiger charge is -2.27. The highest BCUT2D eigenvalue weighted by Gasteiger charge is 2.16. The highest BCUT2D eigenvalue weighted by atomic mass is 19.1. The average molecular weight is 238 g/mol. The van der Waals surface area contributed by atoms with E-state index in [0.717, 1.165) is 30.7 Å². The third-order valence-corrected chi connectivity index (χ3v) is 3.00. The van der Waals surface area contributed by atoms with Crippen LogP contribution in [0.4, 0.5) is 4.39 Å². The van der Waals surface area contributed by atoms with Crippen molar-refractivity contribution in [1.82, 2.24) is 10.3 Å². The maximum atomic E-state index is 12.0. The van der Waals surface area contributed by atoms with Crippen molar-refractivity contribution >= 4 is 0 Å². The third-order valence-electron chi connectivity index (χ3n) is 3.00. The first-order valence-electron chi connectivity index (χ1n) is 6.24. The van der Waals surface area contributed by atoms with Gasteiger partial charge < -0.3 is 10.1 Å². The molecule has 1 aliphatic heterocycles. The van der Waals surface area contributed by atoms with Crippen molar-refractivity contribution in [3.8, 4) is 5.75 Å². The molecule has 4 heteroatoms. The molecule has 0 spiro atoms. The van der Waals surface area contributed by atoms with Crippen molar-refractivity contribution in [3.05, 3.63) is 24.0 Å². The van der Waals surface area contributed by atoms with Gasteiger partial charge in [0, 0.05) is 12.2 Å². The van der Waals surface area contributed by atoms with Crippen LogP contribution >= 0.6 is 0 Å². The first kappa shape index (κ1) is 12.3. The Kier molecular flexibility index (Phi) is 4.74. The summed E-state index contributed by atoms with van der Waals surface area (Å²) < 4.78 is 17.6. The summed E-state index contributed by atoms with van der Waals surface area (Å²) in [5, 5.41) is 3.29. The first-order valence-corrected chi connectivity index (χ1v) is 6.24. The molecule has 2 rings (SSSR count). The van der Waals surface area contributed by atoms with Crippen LogP contribution in [0.3, 0.4) is 0 Å². The molecule has 0 aromatic carbocycles. The van der Waals surface area contributed by atoms with Gasteiger partial charge in [0.25, 0.3) is 0 Å². The largest absolute Gasteiger partial charge is 0.490 e. The second-order valence-electron chi connectivity index (χ2n) is 4.43. The molecule has 0 saturated carbocycles. The van der Waals surface area contributed by atoms with Gasteiger partial charge in [0.2, 0.25) is 0 Å². The number of unbranched alkanes of at least 4 members (excludes halogenated alkanes) is 1. The minimum Gasteiger partial charge on any atom is -0.490 e. The fraction of sp³-hybridized carbons (Fsp3) is 0.615. The molecular weight excluding hydrogens is 219 g/mol. The van der Waals surface area contributed by atoms with E-state index in [2.05, 4.69) is 10.3 Å². The molecule has 1 aliphatic rings. The van der Waals surface area contributed by atoms with Gasteiger partial charge in [-0.1, -0.05) is 0 Å². The van der Waals surface area contributed by atoms with Crippen LogP contribution in [-0.2, 0) is 6.42 Å². The van der Waals surface area contributed by atoms with Crippen molar-refractivity contribution in [1.29, 1.82) is 0 Å². The fourth-order valence-electron chi connectivity index (χ4n) is 1.79. The molecule has 1 saturated heterocycles. The lowest BCUT2D eigenvalue weighted by Crippen LogP contribution is -2.46. The molecule has 1 fully saturated rings. The Bertz CT molecular complexity index is 342. The zero-order chi connectivity index (χ0) is 11.9. The van der Waals surface area contributed by atoms with Crippen molar-refractivity contribution in [2.24, 2.45) is 0 Å². The second kappa shape index (κ2) is 6.55. The van der Waals surface area contributed by atoms with Gasteiger partial charge in [-0.15, -0.1) is 0 Å². The quantitative estimate of drug-likeness (QED) is 0.739. The molecule has 0 radical (unpaired) electrons. The Morgan fingerprint density at radius 3 is 3.00 bits per heavy atom. The van der Waals surface area contributed by atoms with E-state index >= 15 is 0 Å². The van der Waals surface area contributed by atoms with Crippen LogP contribution in [0, 0.1) is 0 Å². The number of hydrogen-bond donors (Lipinski definition) is 1. The highest BCUT2D eigenvalue weighted by Crippen LogP contribution is 2.14. The summed E-state index contributed by atoms with van der Waals surface area (Å²) in [5.41, 5.74) is 1.12. The molecule has 1 aromatic rings. The number of aryl methyl sites for hydroxylation is 1. The molecule has 0 bridgehead atoms. The number of alkyl halides is 1. The van der Waals surface area contributed by atoms with Crippen molar-refractivity contribution in [2.75, 3.05) is 19.8 Å². The Labute approximate surface area is 101 Å². The zero-order valence-corrected chi connectivity index (χ0v) is 9.99. The fourth-order valence-corrected chi connectivity index (χ4v) is 1.79. The summed E-state index contributed by atoms with van der Waals surface area (Å²) in [6.07, 6.45) is 7.10. The number of nitrogens with one attached hydrogen (secondary N) is 1. The molecule has 3 nitrogen and oxygen atoms in total. The number of nitrogens with zero attached hydrogens (tertiary/aromatic N) is 1. The average Bonchev–Trinajstić information content (AvgIpc) is 2.28. The second-order valence-corrected chi connectivity index (χ2v) is 4.43. The highest BCUT2D eigenvalue weighted by molar-refractivity contribution is 5.23. The van der Waals surface area contributed by atoms with Crippen LogP contribution in [0.1, 0.15) is 24.8 Å². The zero-order valence-electron chi connectivity index (χ0n) is 9.99. The molecule has 1 aromatic heterocycles. The van der Waals surface area contributed by atoms with E-state index in [4.69, 9.17) is 4.74 Å². The summed E-state index contributed by atoms with van der Waals surface area (Å²) >= 11 is 0. The number of ether oxygens (including phenoxy) is 1. The minimum absolute atomic E-state index is 0.239. The van der Waals surface area contributed by atoms with Crippen molar-refractivity contribution < 1.29 is 9.13 Å². The molecule has 94 valence electrons. The smallest absolute Gasteiger partial charge is 0.137 e. The summed E-state index contributed by atoms with van der Waals surface area (Å²) in [7, 11) is 0. The number of halogens is 1. The van der Waals surface area contributed by atoms with Crippen LogP contribution in [0.2, 0.25) is 0 Å². The lowest BCUT2D eigenvalue weighted by molar-refractivity contribution is 0.217. The summed E-state index contributed by atoms with van der Waals surface area (Å²) in [4.78, 5) is 4.15. The molecule has 0 amide bonds. The van der Waals surface area contributed by atoms with Crippen LogP contribution < -0.4 is 10.1 Å². The molecule has 1 atom stereocenters. The number of rotatable bonds is 7. The van der Waals surface area contributed by atoms with Crippen LogP contribution in [0.5, 0.6) is 5.75 Å². The topological polar surface area (TPSA) is 34.1 Å². The van der Waals surface area contributed by atoms with Crippen molar-refractivity contribution in [2.45, 2.75) is 31.7 Å². The van der Waals surface area contributed by atoms with E-state index < -0.39 is 0 Å². The molecular formula is C13H19FN2O. The SMILES string of the molecule is FCCCCc1cncc(OC[C@@H]2CCN2)c1. The summed E-state index contributed by atoms with van der Waals surface area (Å²) in [6.45, 7) is 1.56. The van der Waals surface area contributed by atoms with Gasteiger partial charge in [-0.05, 0) is 43.9 Å². The van der Waals surface area contributed by atoms with Gasteiger partial charge in [0.15, 0.2) is 0 Å². The summed E-state index contributed by atoms with van der Waals surface area (Å²) in [5.74, 6) is 0.816. The maximum Gasteiger partial charge on any atom is 0.137 e. The molecule has 0 aliphatic carbocycles. The van der Waals surface area contributed by atoms with Crippen molar-refractivity contribution in [3.63, 3.8) is 0 Å². The Hall–Kier alpha value is -1.16. The summed E-state index contributed by atoms with van der Waals surface area (Å²) in [6, 6.07) is 2.49. The predicted octanol–water partition coefficient (Wildman–Crippen LogP) is 2.11. The predicted molar refractivity (Wildman–Crippen MR) is 65.1 cm³/mol. The Morgan fingerprint density at radius 1 is 1.41 bits per heavy atom. The standard InChI is InChI=1S/C13H19FN2O/c14-5-2-1-3-11-7-13(9-15-8-11)17-10-12-4-6-16-12/h7-9,12,16H,1-6,10H2/t12-/m0/s1. The number of pyridine rings is 1. The van der Waals surface area contributed by atoms with Gasteiger partial charge in [0.1, 0.15) is 12.4 Å². The van der Waals surface area contributed by atoms with E-state index in [1.165, 1.54) is 6.42 Å². The van der Waals surface area contributed by atoms with E-state index in [9.17, 15) is 4.39 Å². The maximum absolute atomic E-state index is 12.0. The van der Waals surface area contributed by atoms with Gasteiger partial charge in [-0.3, -0.25) is 9.37 Å². The monoisotopic (exact) mass is 238 g/mol. The van der Waals surface area contributed by atoms with Gasteiger partial charge in [-0.25, -0.2) is 0 Å². The first-order chi connectivity index (χ1) is 8.38. The lowest BCUT2D eigenvalue weighted by atomic mass is 10.1.